The van der Waals surface area contributed by atoms with E-state index < -0.39 is 5.97 Å². The lowest BCUT2D eigenvalue weighted by atomic mass is 10.1. The maximum Gasteiger partial charge on any atom is 0.340 e. The zero-order valence-electron chi connectivity index (χ0n) is 13.8. The first kappa shape index (κ1) is 17.2. The van der Waals surface area contributed by atoms with Crippen molar-refractivity contribution < 1.29 is 19.0 Å². The molecule has 0 spiro atoms. The van der Waals surface area contributed by atoms with Crippen molar-refractivity contribution in [2.24, 2.45) is 0 Å². The normalized spacial score (nSPS) is 9.75. The van der Waals surface area contributed by atoms with E-state index in [2.05, 4.69) is 11.4 Å². The Labute approximate surface area is 140 Å². The van der Waals surface area contributed by atoms with E-state index in [1.807, 2.05) is 12.1 Å². The molecule has 0 aromatic heterocycles. The summed E-state index contributed by atoms with van der Waals surface area (Å²) >= 11 is 0. The molecule has 2 aromatic rings. The summed E-state index contributed by atoms with van der Waals surface area (Å²) in [7, 11) is 4.34. The molecule has 0 heterocycles. The molecule has 24 heavy (non-hydrogen) atoms. The number of hydrogen-bond donors (Lipinski definition) is 1. The zero-order chi connectivity index (χ0) is 17.5. The summed E-state index contributed by atoms with van der Waals surface area (Å²) in [6, 6.07) is 12.6. The summed E-state index contributed by atoms with van der Waals surface area (Å²) in [5.41, 5.74) is 2.39. The van der Waals surface area contributed by atoms with Gasteiger partial charge in [-0.3, -0.25) is 0 Å². The molecule has 1 N–H and O–H groups in total. The number of nitrogens with zero attached hydrogens (tertiary/aromatic N) is 1. The third kappa shape index (κ3) is 3.76. The number of ether oxygens (including phenoxy) is 3. The second kappa shape index (κ2) is 7.88. The Morgan fingerprint density at radius 1 is 1.12 bits per heavy atom. The third-order valence-corrected chi connectivity index (χ3v) is 3.47. The van der Waals surface area contributed by atoms with Crippen LogP contribution in [0.5, 0.6) is 11.5 Å². The summed E-state index contributed by atoms with van der Waals surface area (Å²) in [6.07, 6.45) is 0. The lowest BCUT2D eigenvalue weighted by Crippen LogP contribution is -2.09. The van der Waals surface area contributed by atoms with Crippen molar-refractivity contribution in [3.05, 3.63) is 53.1 Å². The van der Waals surface area contributed by atoms with Gasteiger partial charge in [-0.05, 0) is 17.7 Å². The first-order valence-corrected chi connectivity index (χ1v) is 7.20. The van der Waals surface area contributed by atoms with Gasteiger partial charge in [0.2, 0.25) is 0 Å². The van der Waals surface area contributed by atoms with E-state index in [1.165, 1.54) is 21.3 Å². The van der Waals surface area contributed by atoms with Crippen LogP contribution in [0.2, 0.25) is 0 Å². The largest absolute Gasteiger partial charge is 0.493 e. The van der Waals surface area contributed by atoms with E-state index in [4.69, 9.17) is 19.5 Å². The molecule has 0 unspecified atom stereocenters. The number of esters is 1. The van der Waals surface area contributed by atoms with Crippen LogP contribution in [0.1, 0.15) is 21.5 Å². The number of nitrogens with one attached hydrogen (secondary N) is 1. The average molecular weight is 326 g/mol. The van der Waals surface area contributed by atoms with Crippen LogP contribution in [-0.4, -0.2) is 27.3 Å². The van der Waals surface area contributed by atoms with E-state index in [9.17, 15) is 4.79 Å². The van der Waals surface area contributed by atoms with Gasteiger partial charge in [0.25, 0.3) is 0 Å². The van der Waals surface area contributed by atoms with Crippen molar-refractivity contribution in [3.63, 3.8) is 0 Å². The van der Waals surface area contributed by atoms with E-state index in [0.717, 1.165) is 5.56 Å². The predicted octanol–water partition coefficient (Wildman–Crippen LogP) is 2.97. The highest BCUT2D eigenvalue weighted by Crippen LogP contribution is 2.34. The van der Waals surface area contributed by atoms with Crippen molar-refractivity contribution in [3.8, 4) is 17.6 Å². The summed E-state index contributed by atoms with van der Waals surface area (Å²) in [5, 5.41) is 12.1. The van der Waals surface area contributed by atoms with E-state index in [0.29, 0.717) is 34.9 Å². The Kier molecular flexibility index (Phi) is 5.63. The Bertz CT molecular complexity index is 781. The third-order valence-electron chi connectivity index (χ3n) is 3.47. The predicted molar refractivity (Wildman–Crippen MR) is 89.4 cm³/mol. The summed E-state index contributed by atoms with van der Waals surface area (Å²) in [4.78, 5) is 12.0. The lowest BCUT2D eigenvalue weighted by Gasteiger charge is -2.15. The molecule has 0 radical (unpaired) electrons. The van der Waals surface area contributed by atoms with Crippen LogP contribution in [0, 0.1) is 11.3 Å². The van der Waals surface area contributed by atoms with Crippen LogP contribution < -0.4 is 14.8 Å². The van der Waals surface area contributed by atoms with Crippen molar-refractivity contribution in [1.29, 1.82) is 5.26 Å². The number of carbonyl (C=O) groups is 1. The highest BCUT2D eigenvalue weighted by molar-refractivity contribution is 5.96. The molecule has 0 aliphatic carbocycles. The molecule has 0 aliphatic heterocycles. The topological polar surface area (TPSA) is 80.6 Å². The smallest absolute Gasteiger partial charge is 0.340 e. The Hall–Kier alpha value is -3.20. The highest BCUT2D eigenvalue weighted by Gasteiger charge is 2.17. The fraction of sp³-hybridized carbons (Fsp3) is 0.222. The maximum atomic E-state index is 12.0. The van der Waals surface area contributed by atoms with E-state index in [1.54, 1.807) is 24.3 Å². The molecule has 0 saturated carbocycles. The van der Waals surface area contributed by atoms with Gasteiger partial charge in [-0.2, -0.15) is 5.26 Å². The molecule has 0 amide bonds. The molecule has 124 valence electrons. The number of methoxy groups -OCH3 is 3. The van der Waals surface area contributed by atoms with Crippen LogP contribution in [0.15, 0.2) is 36.4 Å². The number of carbonyl (C=O) groups excluding carboxylic acids is 1. The first-order chi connectivity index (χ1) is 11.6. The number of hydrogen-bond acceptors (Lipinski definition) is 6. The SMILES string of the molecule is COC(=O)c1cc(OC)c(OC)cc1NCc1cccc(C#N)c1. The molecule has 0 bridgehead atoms. The Morgan fingerprint density at radius 2 is 1.83 bits per heavy atom. The van der Waals surface area contributed by atoms with Crippen LogP contribution in [-0.2, 0) is 11.3 Å². The van der Waals surface area contributed by atoms with Crippen LogP contribution in [0.25, 0.3) is 0 Å². The molecule has 0 fully saturated rings. The molecule has 6 heteroatoms. The second-order valence-corrected chi connectivity index (χ2v) is 4.91. The fourth-order valence-electron chi connectivity index (χ4n) is 2.25. The van der Waals surface area contributed by atoms with Gasteiger partial charge in [0.1, 0.15) is 0 Å². The van der Waals surface area contributed by atoms with Gasteiger partial charge in [-0.1, -0.05) is 12.1 Å². The molecule has 0 atom stereocenters. The molecule has 2 aromatic carbocycles. The van der Waals surface area contributed by atoms with Gasteiger partial charge >= 0.3 is 5.97 Å². The first-order valence-electron chi connectivity index (χ1n) is 7.20. The monoisotopic (exact) mass is 326 g/mol. The van der Waals surface area contributed by atoms with Crippen molar-refractivity contribution in [1.82, 2.24) is 0 Å². The number of rotatable bonds is 6. The standard InChI is InChI=1S/C18H18N2O4/c1-22-16-8-14(18(21)24-3)15(9-17(16)23-2)20-11-13-6-4-5-12(7-13)10-19/h4-9,20H,11H2,1-3H3. The summed E-state index contributed by atoms with van der Waals surface area (Å²) in [5.74, 6) is 0.456. The van der Waals surface area contributed by atoms with Crippen molar-refractivity contribution in [2.45, 2.75) is 6.54 Å². The number of anilines is 1. The molecule has 0 aliphatic rings. The molecular weight excluding hydrogens is 308 g/mol. The van der Waals surface area contributed by atoms with Gasteiger partial charge in [0, 0.05) is 18.7 Å². The number of benzene rings is 2. The van der Waals surface area contributed by atoms with E-state index >= 15 is 0 Å². The Morgan fingerprint density at radius 3 is 2.46 bits per heavy atom. The fourth-order valence-corrected chi connectivity index (χ4v) is 2.25. The van der Waals surface area contributed by atoms with Crippen molar-refractivity contribution >= 4 is 11.7 Å². The van der Waals surface area contributed by atoms with Crippen LogP contribution >= 0.6 is 0 Å². The minimum Gasteiger partial charge on any atom is -0.493 e. The number of nitriles is 1. The molecule has 0 saturated heterocycles. The maximum absolute atomic E-state index is 12.0. The quantitative estimate of drug-likeness (QED) is 0.822. The van der Waals surface area contributed by atoms with Gasteiger partial charge in [-0.25, -0.2) is 4.79 Å². The van der Waals surface area contributed by atoms with Crippen LogP contribution in [0.4, 0.5) is 5.69 Å². The average Bonchev–Trinajstić information content (AvgIpc) is 2.65. The van der Waals surface area contributed by atoms with Gasteiger partial charge in [0.05, 0.1) is 44.2 Å². The van der Waals surface area contributed by atoms with E-state index in [-0.39, 0.29) is 0 Å². The molecular formula is C18H18N2O4. The summed E-state index contributed by atoms with van der Waals surface area (Å²) < 4.78 is 15.3. The minimum atomic E-state index is -0.482. The molecule has 6 nitrogen and oxygen atoms in total. The highest BCUT2D eigenvalue weighted by atomic mass is 16.5. The van der Waals surface area contributed by atoms with Gasteiger partial charge in [0.15, 0.2) is 11.5 Å². The minimum absolute atomic E-state index is 0.339. The van der Waals surface area contributed by atoms with Gasteiger partial charge < -0.3 is 19.5 Å². The molecule has 2 rings (SSSR count). The van der Waals surface area contributed by atoms with Crippen molar-refractivity contribution in [2.75, 3.05) is 26.6 Å². The van der Waals surface area contributed by atoms with Crippen LogP contribution in [0.3, 0.4) is 0 Å². The Balaban J connectivity index is 2.33. The lowest BCUT2D eigenvalue weighted by molar-refractivity contribution is 0.0601. The zero-order valence-corrected chi connectivity index (χ0v) is 13.8. The summed E-state index contributed by atoms with van der Waals surface area (Å²) in [6.45, 7) is 0.439. The second-order valence-electron chi connectivity index (χ2n) is 4.91. The van der Waals surface area contributed by atoms with Gasteiger partial charge in [-0.15, -0.1) is 0 Å².